The number of aromatic nitrogens is 2. The summed E-state index contributed by atoms with van der Waals surface area (Å²) in [4.78, 5) is 3.44. The molecule has 1 saturated carbocycles. The minimum Gasteiger partial charge on any atom is -0.329 e. The van der Waals surface area contributed by atoms with Crippen molar-refractivity contribution in [1.29, 1.82) is 0 Å². The summed E-state index contributed by atoms with van der Waals surface area (Å²) in [5, 5.41) is 3.43. The summed E-state index contributed by atoms with van der Waals surface area (Å²) in [6, 6.07) is 0. The van der Waals surface area contributed by atoms with Crippen LogP contribution in [0.4, 0.5) is 13.2 Å². The van der Waals surface area contributed by atoms with E-state index in [1.807, 2.05) is 0 Å². The Hall–Kier alpha value is -1.11. The van der Waals surface area contributed by atoms with Crippen molar-refractivity contribution in [3.8, 4) is 0 Å². The van der Waals surface area contributed by atoms with Gasteiger partial charge in [-0.25, -0.2) is 0 Å². The molecule has 0 atom stereocenters. The van der Waals surface area contributed by atoms with Gasteiger partial charge >= 0.3 is 12.1 Å². The van der Waals surface area contributed by atoms with Crippen molar-refractivity contribution in [3.63, 3.8) is 0 Å². The second-order valence-corrected chi connectivity index (χ2v) is 6.72. The molecule has 0 bridgehead atoms. The maximum atomic E-state index is 12.5. The van der Waals surface area contributed by atoms with Gasteiger partial charge in [-0.05, 0) is 37.0 Å². The molecule has 1 aromatic rings. The standard InChI is InChI=1S/C13H20F3N3O/c1-11(2,3)8-4-6-12(17,7-5-8)9-18-10(20-19-9)13(14,15)16/h8H,4-7,17H2,1-3H3. The maximum Gasteiger partial charge on any atom is 0.471 e. The second kappa shape index (κ2) is 4.72. The van der Waals surface area contributed by atoms with Crippen LogP contribution in [0.3, 0.4) is 0 Å². The average Bonchev–Trinajstić information content (AvgIpc) is 2.77. The highest BCUT2D eigenvalue weighted by Gasteiger charge is 2.44. The van der Waals surface area contributed by atoms with E-state index in [-0.39, 0.29) is 11.2 Å². The van der Waals surface area contributed by atoms with Crippen molar-refractivity contribution in [2.24, 2.45) is 17.1 Å². The van der Waals surface area contributed by atoms with Gasteiger partial charge in [0.05, 0.1) is 5.54 Å². The fourth-order valence-electron chi connectivity index (χ4n) is 2.76. The van der Waals surface area contributed by atoms with Crippen LogP contribution in [0.2, 0.25) is 0 Å². The normalized spacial score (nSPS) is 28.6. The molecule has 1 heterocycles. The summed E-state index contributed by atoms with van der Waals surface area (Å²) in [6.07, 6.45) is -1.76. The summed E-state index contributed by atoms with van der Waals surface area (Å²) in [5.41, 5.74) is 5.46. The highest BCUT2D eigenvalue weighted by molar-refractivity contribution is 5.07. The van der Waals surface area contributed by atoms with Gasteiger partial charge in [0.2, 0.25) is 0 Å². The zero-order chi connectivity index (χ0) is 15.2. The Balaban J connectivity index is 2.12. The van der Waals surface area contributed by atoms with Crippen molar-refractivity contribution >= 4 is 0 Å². The fourth-order valence-corrected chi connectivity index (χ4v) is 2.76. The molecule has 1 aromatic heterocycles. The Bertz CT molecular complexity index is 468. The highest BCUT2D eigenvalue weighted by Crippen LogP contribution is 2.43. The number of rotatable bonds is 1. The maximum absolute atomic E-state index is 12.5. The zero-order valence-electron chi connectivity index (χ0n) is 11.9. The average molecular weight is 291 g/mol. The molecule has 0 unspecified atom stereocenters. The molecule has 1 fully saturated rings. The van der Waals surface area contributed by atoms with E-state index in [9.17, 15) is 13.2 Å². The smallest absolute Gasteiger partial charge is 0.329 e. The lowest BCUT2D eigenvalue weighted by atomic mass is 9.67. The van der Waals surface area contributed by atoms with Crippen molar-refractivity contribution in [2.45, 2.75) is 58.2 Å². The molecule has 0 aromatic carbocycles. The molecule has 2 N–H and O–H groups in total. The SMILES string of the molecule is CC(C)(C)C1CCC(N)(c2noc(C(F)(F)F)n2)CC1. The van der Waals surface area contributed by atoms with Gasteiger partial charge in [0.1, 0.15) is 0 Å². The first-order valence-electron chi connectivity index (χ1n) is 6.73. The summed E-state index contributed by atoms with van der Waals surface area (Å²) >= 11 is 0. The molecule has 0 aliphatic heterocycles. The number of nitrogens with two attached hydrogens (primary N) is 1. The van der Waals surface area contributed by atoms with E-state index in [0.717, 1.165) is 12.8 Å². The highest BCUT2D eigenvalue weighted by atomic mass is 19.4. The second-order valence-electron chi connectivity index (χ2n) is 6.72. The number of hydrogen-bond donors (Lipinski definition) is 1. The van der Waals surface area contributed by atoms with Crippen LogP contribution in [0, 0.1) is 11.3 Å². The van der Waals surface area contributed by atoms with Crippen molar-refractivity contribution in [3.05, 3.63) is 11.7 Å². The molecule has 114 valence electrons. The molecule has 20 heavy (non-hydrogen) atoms. The van der Waals surface area contributed by atoms with Gasteiger partial charge in [0.25, 0.3) is 0 Å². The van der Waals surface area contributed by atoms with Crippen LogP contribution in [0.5, 0.6) is 0 Å². The number of hydrogen-bond acceptors (Lipinski definition) is 4. The molecule has 2 rings (SSSR count). The Morgan fingerprint density at radius 1 is 1.20 bits per heavy atom. The van der Waals surface area contributed by atoms with E-state index >= 15 is 0 Å². The Labute approximate surface area is 115 Å². The predicted octanol–water partition coefficient (Wildman–Crippen LogP) is 3.48. The third-order valence-corrected chi connectivity index (χ3v) is 4.22. The Morgan fingerprint density at radius 2 is 1.75 bits per heavy atom. The van der Waals surface area contributed by atoms with Crippen LogP contribution in [0.25, 0.3) is 0 Å². The van der Waals surface area contributed by atoms with E-state index in [2.05, 4.69) is 35.4 Å². The van der Waals surface area contributed by atoms with Crippen molar-refractivity contribution in [2.75, 3.05) is 0 Å². The van der Waals surface area contributed by atoms with Crippen LogP contribution in [0.1, 0.15) is 58.2 Å². The van der Waals surface area contributed by atoms with Gasteiger partial charge < -0.3 is 10.3 Å². The lowest BCUT2D eigenvalue weighted by molar-refractivity contribution is -0.159. The minimum atomic E-state index is -4.62. The lowest BCUT2D eigenvalue weighted by Gasteiger charge is -2.40. The third-order valence-electron chi connectivity index (χ3n) is 4.22. The van der Waals surface area contributed by atoms with E-state index < -0.39 is 17.6 Å². The van der Waals surface area contributed by atoms with E-state index in [0.29, 0.717) is 18.8 Å². The molecule has 0 amide bonds. The van der Waals surface area contributed by atoms with Gasteiger partial charge in [-0.1, -0.05) is 25.9 Å². The molecule has 1 aliphatic carbocycles. The number of halogens is 3. The fraction of sp³-hybridized carbons (Fsp3) is 0.846. The molecule has 4 nitrogen and oxygen atoms in total. The first-order chi connectivity index (χ1) is 9.02. The van der Waals surface area contributed by atoms with E-state index in [1.165, 1.54) is 0 Å². The number of alkyl halides is 3. The first-order valence-corrected chi connectivity index (χ1v) is 6.73. The van der Waals surface area contributed by atoms with Gasteiger partial charge in [0, 0.05) is 0 Å². The topological polar surface area (TPSA) is 64.9 Å². The number of nitrogens with zero attached hydrogens (tertiary/aromatic N) is 2. The summed E-state index contributed by atoms with van der Waals surface area (Å²) in [7, 11) is 0. The summed E-state index contributed by atoms with van der Waals surface area (Å²) in [6.45, 7) is 6.49. The van der Waals surface area contributed by atoms with E-state index in [1.54, 1.807) is 0 Å². The lowest BCUT2D eigenvalue weighted by Crippen LogP contribution is -2.43. The summed E-state index contributed by atoms with van der Waals surface area (Å²) < 4.78 is 41.7. The van der Waals surface area contributed by atoms with Crippen LogP contribution < -0.4 is 5.73 Å². The Kier molecular flexibility index (Phi) is 3.60. The van der Waals surface area contributed by atoms with Crippen LogP contribution >= 0.6 is 0 Å². The van der Waals surface area contributed by atoms with Gasteiger partial charge in [-0.15, -0.1) is 0 Å². The monoisotopic (exact) mass is 291 g/mol. The zero-order valence-corrected chi connectivity index (χ0v) is 11.9. The largest absolute Gasteiger partial charge is 0.471 e. The molecular weight excluding hydrogens is 271 g/mol. The van der Waals surface area contributed by atoms with E-state index in [4.69, 9.17) is 5.73 Å². The summed E-state index contributed by atoms with van der Waals surface area (Å²) in [5.74, 6) is -0.847. The third kappa shape index (κ3) is 2.97. The van der Waals surface area contributed by atoms with Gasteiger partial charge in [-0.2, -0.15) is 18.2 Å². The predicted molar refractivity (Wildman–Crippen MR) is 66.6 cm³/mol. The van der Waals surface area contributed by atoms with Crippen LogP contribution in [-0.4, -0.2) is 10.1 Å². The molecule has 0 radical (unpaired) electrons. The van der Waals surface area contributed by atoms with Crippen molar-refractivity contribution in [1.82, 2.24) is 10.1 Å². The molecular formula is C13H20F3N3O. The molecule has 0 spiro atoms. The van der Waals surface area contributed by atoms with Crippen molar-refractivity contribution < 1.29 is 17.7 Å². The quantitative estimate of drug-likeness (QED) is 0.860. The van der Waals surface area contributed by atoms with Crippen LogP contribution in [0.15, 0.2) is 4.52 Å². The van der Waals surface area contributed by atoms with Gasteiger partial charge in [-0.3, -0.25) is 0 Å². The first kappa shape index (κ1) is 15.3. The van der Waals surface area contributed by atoms with Gasteiger partial charge in [0.15, 0.2) is 5.82 Å². The molecule has 7 heteroatoms. The molecule has 0 saturated heterocycles. The Morgan fingerprint density at radius 3 is 2.15 bits per heavy atom. The van der Waals surface area contributed by atoms with Crippen LogP contribution in [-0.2, 0) is 11.7 Å². The minimum absolute atomic E-state index is 0.0304. The molecule has 1 aliphatic rings.